The fourth-order valence-corrected chi connectivity index (χ4v) is 3.30. The molecule has 0 atom stereocenters. The van der Waals surface area contributed by atoms with E-state index in [-0.39, 0.29) is 5.69 Å². The third kappa shape index (κ3) is 6.05. The van der Waals surface area contributed by atoms with E-state index in [9.17, 15) is 9.59 Å². The molecule has 0 saturated heterocycles. The topological polar surface area (TPSA) is 88.2 Å². The van der Waals surface area contributed by atoms with Crippen molar-refractivity contribution in [2.45, 2.75) is 32.6 Å². The Morgan fingerprint density at radius 3 is 2.39 bits per heavy atom. The van der Waals surface area contributed by atoms with E-state index in [2.05, 4.69) is 22.8 Å². The average molecular weight is 439 g/mol. The van der Waals surface area contributed by atoms with E-state index in [0.717, 1.165) is 18.5 Å². The van der Waals surface area contributed by atoms with Crippen molar-refractivity contribution in [2.75, 3.05) is 6.61 Å². The molecule has 0 saturated carbocycles. The van der Waals surface area contributed by atoms with Crippen molar-refractivity contribution in [3.8, 4) is 11.4 Å². The number of hydrogen-bond donors (Lipinski definition) is 3. The van der Waals surface area contributed by atoms with E-state index in [0.29, 0.717) is 22.7 Å². The van der Waals surface area contributed by atoms with Crippen LogP contribution < -0.4 is 15.6 Å². The van der Waals surface area contributed by atoms with Crippen LogP contribution in [-0.2, 0) is 0 Å². The van der Waals surface area contributed by atoms with Gasteiger partial charge in [-0.1, -0.05) is 44.4 Å². The number of benzene rings is 2. The molecular formula is C23H26N4O3S. The van der Waals surface area contributed by atoms with Crippen molar-refractivity contribution < 1.29 is 14.3 Å². The van der Waals surface area contributed by atoms with Crippen molar-refractivity contribution in [1.82, 2.24) is 20.4 Å². The number of H-pyrrole nitrogens is 1. The minimum absolute atomic E-state index is 0.281. The Balaban J connectivity index is 1.55. The lowest BCUT2D eigenvalue weighted by Crippen LogP contribution is -2.42. The first kappa shape index (κ1) is 22.3. The number of hydrazine groups is 1. The van der Waals surface area contributed by atoms with Gasteiger partial charge in [-0.2, -0.15) is 0 Å². The first-order valence-corrected chi connectivity index (χ1v) is 10.7. The molecule has 2 aromatic carbocycles. The summed E-state index contributed by atoms with van der Waals surface area (Å²) < 4.78 is 7.67. The van der Waals surface area contributed by atoms with Gasteiger partial charge in [-0.05, 0) is 55.0 Å². The maximum atomic E-state index is 12.6. The van der Waals surface area contributed by atoms with Crippen LogP contribution in [0.5, 0.6) is 5.75 Å². The zero-order valence-corrected chi connectivity index (χ0v) is 18.2. The van der Waals surface area contributed by atoms with Crippen molar-refractivity contribution in [2.24, 2.45) is 0 Å². The fourth-order valence-electron chi connectivity index (χ4n) is 3.04. The molecule has 1 aromatic heterocycles. The second-order valence-corrected chi connectivity index (χ2v) is 7.38. The van der Waals surface area contributed by atoms with Crippen molar-refractivity contribution in [3.05, 3.63) is 76.8 Å². The summed E-state index contributed by atoms with van der Waals surface area (Å²) in [7, 11) is 0. The van der Waals surface area contributed by atoms with Crippen LogP contribution in [0.15, 0.2) is 60.8 Å². The summed E-state index contributed by atoms with van der Waals surface area (Å²) in [6, 6.07) is 16.1. The van der Waals surface area contributed by atoms with Crippen LogP contribution in [0.2, 0.25) is 0 Å². The summed E-state index contributed by atoms with van der Waals surface area (Å²) in [6.07, 6.45) is 6.05. The molecule has 7 nitrogen and oxygen atoms in total. The van der Waals surface area contributed by atoms with Gasteiger partial charge in [0.2, 0.25) is 0 Å². The molecular weight excluding hydrogens is 412 g/mol. The van der Waals surface area contributed by atoms with Crippen LogP contribution in [0.1, 0.15) is 53.5 Å². The molecule has 0 aliphatic carbocycles. The number of unbranched alkanes of at least 4 members (excludes halogenated alkanes) is 3. The number of carbonyl (C=O) groups excluding carboxylic acids is 2. The Hall–Kier alpha value is -3.39. The molecule has 0 bridgehead atoms. The summed E-state index contributed by atoms with van der Waals surface area (Å²) in [6.45, 7) is 2.83. The number of ether oxygens (including phenoxy) is 1. The average Bonchev–Trinajstić information content (AvgIpc) is 3.19. The monoisotopic (exact) mass is 438 g/mol. The van der Waals surface area contributed by atoms with Crippen LogP contribution in [0.4, 0.5) is 0 Å². The standard InChI is InChI=1S/C23H26N4O3S/c1-2-3-4-8-15-30-19-13-11-17(12-14-19)21(28)25-26-22(29)20-16-24-23(31)27(20)18-9-6-5-7-10-18/h5-7,9-14,16H,2-4,8,15H2,1H3,(H,24,31)(H,25,28)(H,26,29). The number of nitrogens with one attached hydrogen (secondary N) is 3. The van der Waals surface area contributed by atoms with Crippen LogP contribution in [0.3, 0.4) is 0 Å². The number of nitrogens with zero attached hydrogens (tertiary/aromatic N) is 1. The van der Waals surface area contributed by atoms with E-state index in [1.54, 1.807) is 28.8 Å². The second kappa shape index (κ2) is 11.1. The molecule has 0 unspecified atom stereocenters. The number of imidazole rings is 1. The van der Waals surface area contributed by atoms with Gasteiger partial charge in [-0.3, -0.25) is 25.0 Å². The van der Waals surface area contributed by atoms with Gasteiger partial charge in [0.1, 0.15) is 11.4 Å². The zero-order chi connectivity index (χ0) is 22.1. The van der Waals surface area contributed by atoms with Gasteiger partial charge in [0.25, 0.3) is 11.8 Å². The van der Waals surface area contributed by atoms with Crippen molar-refractivity contribution in [1.29, 1.82) is 0 Å². The highest BCUT2D eigenvalue weighted by Crippen LogP contribution is 2.14. The Morgan fingerprint density at radius 1 is 0.968 bits per heavy atom. The lowest BCUT2D eigenvalue weighted by atomic mass is 10.2. The Kier molecular flexibility index (Phi) is 8.00. The van der Waals surface area contributed by atoms with Crippen LogP contribution in [0, 0.1) is 4.77 Å². The largest absolute Gasteiger partial charge is 0.494 e. The summed E-state index contributed by atoms with van der Waals surface area (Å²) in [4.78, 5) is 27.8. The van der Waals surface area contributed by atoms with Crippen molar-refractivity contribution in [3.63, 3.8) is 0 Å². The molecule has 0 spiro atoms. The highest BCUT2D eigenvalue weighted by molar-refractivity contribution is 7.71. The maximum Gasteiger partial charge on any atom is 0.288 e. The molecule has 0 fully saturated rings. The number of carbonyl (C=O) groups is 2. The normalized spacial score (nSPS) is 10.5. The SMILES string of the molecule is CCCCCCOc1ccc(C(=O)NNC(=O)c2c[nH]c(=S)n2-c2ccccc2)cc1. The van der Waals surface area contributed by atoms with E-state index in [4.69, 9.17) is 17.0 Å². The zero-order valence-electron chi connectivity index (χ0n) is 17.4. The molecule has 0 radical (unpaired) electrons. The number of aromatic amines is 1. The van der Waals surface area contributed by atoms with Gasteiger partial charge in [0, 0.05) is 17.4 Å². The predicted octanol–water partition coefficient (Wildman–Crippen LogP) is 4.57. The molecule has 0 aliphatic heterocycles. The molecule has 8 heteroatoms. The van der Waals surface area contributed by atoms with E-state index in [1.165, 1.54) is 19.0 Å². The van der Waals surface area contributed by atoms with Gasteiger partial charge in [-0.15, -0.1) is 0 Å². The fraction of sp³-hybridized carbons (Fsp3) is 0.261. The second-order valence-electron chi connectivity index (χ2n) is 6.99. The van der Waals surface area contributed by atoms with Crippen LogP contribution >= 0.6 is 12.2 Å². The van der Waals surface area contributed by atoms with Gasteiger partial charge >= 0.3 is 0 Å². The molecule has 3 N–H and O–H groups in total. The molecule has 0 aliphatic rings. The Labute approximate surface area is 186 Å². The molecule has 31 heavy (non-hydrogen) atoms. The summed E-state index contributed by atoms with van der Waals surface area (Å²) in [5.41, 5.74) is 6.30. The molecule has 3 aromatic rings. The van der Waals surface area contributed by atoms with Crippen molar-refractivity contribution >= 4 is 24.0 Å². The van der Waals surface area contributed by atoms with Gasteiger partial charge in [0.05, 0.1) is 6.61 Å². The van der Waals surface area contributed by atoms with E-state index < -0.39 is 11.8 Å². The first-order valence-electron chi connectivity index (χ1n) is 10.3. The maximum absolute atomic E-state index is 12.6. The molecule has 162 valence electrons. The number of para-hydroxylation sites is 1. The molecule has 1 heterocycles. The van der Waals surface area contributed by atoms with Gasteiger partial charge in [-0.25, -0.2) is 0 Å². The number of amides is 2. The molecule has 2 amide bonds. The lowest BCUT2D eigenvalue weighted by molar-refractivity contribution is 0.0843. The van der Waals surface area contributed by atoms with E-state index >= 15 is 0 Å². The lowest BCUT2D eigenvalue weighted by Gasteiger charge is -2.10. The highest BCUT2D eigenvalue weighted by atomic mass is 32.1. The highest BCUT2D eigenvalue weighted by Gasteiger charge is 2.15. The quantitative estimate of drug-likeness (QED) is 0.259. The smallest absolute Gasteiger partial charge is 0.288 e. The summed E-state index contributed by atoms with van der Waals surface area (Å²) in [5.74, 6) is -0.203. The summed E-state index contributed by atoms with van der Waals surface area (Å²) >= 11 is 5.28. The third-order valence-electron chi connectivity index (χ3n) is 4.70. The minimum Gasteiger partial charge on any atom is -0.494 e. The first-order chi connectivity index (χ1) is 15.1. The van der Waals surface area contributed by atoms with Gasteiger partial charge in [0.15, 0.2) is 4.77 Å². The van der Waals surface area contributed by atoms with Crippen LogP contribution in [0.25, 0.3) is 5.69 Å². The van der Waals surface area contributed by atoms with Gasteiger partial charge < -0.3 is 9.72 Å². The number of rotatable bonds is 9. The van der Waals surface area contributed by atoms with Crippen LogP contribution in [-0.4, -0.2) is 28.0 Å². The Morgan fingerprint density at radius 2 is 1.68 bits per heavy atom. The van der Waals surface area contributed by atoms with E-state index in [1.807, 2.05) is 30.3 Å². The minimum atomic E-state index is -0.489. The number of aromatic nitrogens is 2. The number of hydrogen-bond acceptors (Lipinski definition) is 4. The Bertz CT molecular complexity index is 1060. The summed E-state index contributed by atoms with van der Waals surface area (Å²) in [5, 5.41) is 0. The predicted molar refractivity (Wildman–Crippen MR) is 122 cm³/mol. The third-order valence-corrected chi connectivity index (χ3v) is 5.00. The molecule has 3 rings (SSSR count).